The zero-order valence-corrected chi connectivity index (χ0v) is 19.5. The van der Waals surface area contributed by atoms with Gasteiger partial charge in [0.05, 0.1) is 0 Å². The third kappa shape index (κ3) is 4.83. The zero-order chi connectivity index (χ0) is 23.5. The van der Waals surface area contributed by atoms with Crippen molar-refractivity contribution in [2.24, 2.45) is 11.8 Å². The molecule has 180 valence electrons. The Morgan fingerprint density at radius 3 is 2.41 bits per heavy atom. The summed E-state index contributed by atoms with van der Waals surface area (Å²) < 4.78 is 5.73. The lowest BCUT2D eigenvalue weighted by molar-refractivity contribution is -0.137. The Kier molecular flexibility index (Phi) is 6.86. The Hall–Kier alpha value is -2.86. The quantitative estimate of drug-likeness (QED) is 0.518. The van der Waals surface area contributed by atoms with E-state index >= 15 is 0 Å². The van der Waals surface area contributed by atoms with Crippen LogP contribution >= 0.6 is 0 Å². The van der Waals surface area contributed by atoms with E-state index in [1.807, 2.05) is 24.3 Å². The maximum Gasteiger partial charge on any atom is 0.407 e. The number of aliphatic carboxylic acids is 1. The highest BCUT2D eigenvalue weighted by Gasteiger charge is 2.38. The largest absolute Gasteiger partial charge is 0.481 e. The topological polar surface area (TPSA) is 87.7 Å². The van der Waals surface area contributed by atoms with Gasteiger partial charge in [0.15, 0.2) is 0 Å². The zero-order valence-electron chi connectivity index (χ0n) is 19.5. The van der Waals surface area contributed by atoms with Gasteiger partial charge < -0.3 is 20.5 Å². The number of carbonyl (C=O) groups excluding carboxylic acids is 1. The molecular formula is C28H34N2O4. The van der Waals surface area contributed by atoms with Crippen LogP contribution in [0.4, 0.5) is 4.79 Å². The van der Waals surface area contributed by atoms with Crippen molar-refractivity contribution < 1.29 is 19.4 Å². The maximum atomic E-state index is 12.8. The van der Waals surface area contributed by atoms with Crippen LogP contribution in [0.15, 0.2) is 48.5 Å². The average molecular weight is 463 g/mol. The van der Waals surface area contributed by atoms with Gasteiger partial charge in [-0.3, -0.25) is 4.79 Å². The molecule has 6 nitrogen and oxygen atoms in total. The molecule has 4 unspecified atom stereocenters. The molecule has 1 saturated carbocycles. The van der Waals surface area contributed by atoms with Crippen molar-refractivity contribution in [1.82, 2.24) is 10.6 Å². The number of nitrogens with one attached hydrogen (secondary N) is 2. The summed E-state index contributed by atoms with van der Waals surface area (Å²) in [7, 11) is 0. The minimum atomic E-state index is -0.834. The van der Waals surface area contributed by atoms with Gasteiger partial charge >= 0.3 is 12.1 Å². The predicted octanol–water partition coefficient (Wildman–Crippen LogP) is 4.93. The van der Waals surface area contributed by atoms with Crippen LogP contribution in [-0.2, 0) is 9.53 Å². The molecule has 0 spiro atoms. The number of amides is 1. The summed E-state index contributed by atoms with van der Waals surface area (Å²) in [5.41, 5.74) is 4.75. The van der Waals surface area contributed by atoms with E-state index in [-0.39, 0.29) is 25.0 Å². The molecule has 1 saturated heterocycles. The first-order chi connectivity index (χ1) is 16.6. The number of benzene rings is 2. The monoisotopic (exact) mass is 462 g/mol. The Labute approximate surface area is 201 Å². The van der Waals surface area contributed by atoms with Gasteiger partial charge in [-0.2, -0.15) is 0 Å². The SMILES string of the molecule is O=C(O)CCC(CC1CNC2CCCCC12)NC(=O)OCC1c2ccccc2-c2ccccc21. The molecule has 2 aromatic carbocycles. The molecule has 2 fully saturated rings. The van der Waals surface area contributed by atoms with Crippen LogP contribution in [0.3, 0.4) is 0 Å². The highest BCUT2D eigenvalue weighted by Crippen LogP contribution is 2.44. The van der Waals surface area contributed by atoms with Crippen molar-refractivity contribution in [2.45, 2.75) is 62.9 Å². The fourth-order valence-corrected chi connectivity index (χ4v) is 6.41. The summed E-state index contributed by atoms with van der Waals surface area (Å²) in [6.45, 7) is 1.21. The molecule has 3 aliphatic rings. The van der Waals surface area contributed by atoms with E-state index in [2.05, 4.69) is 34.9 Å². The number of alkyl carbamates (subject to hydrolysis) is 1. The van der Waals surface area contributed by atoms with Crippen molar-refractivity contribution in [2.75, 3.05) is 13.2 Å². The van der Waals surface area contributed by atoms with Gasteiger partial charge in [0, 0.05) is 24.4 Å². The molecule has 1 amide bonds. The summed E-state index contributed by atoms with van der Waals surface area (Å²) in [4.78, 5) is 24.1. The van der Waals surface area contributed by atoms with Crippen molar-refractivity contribution in [3.63, 3.8) is 0 Å². The molecule has 34 heavy (non-hydrogen) atoms. The second-order valence-electron chi connectivity index (χ2n) is 10.1. The molecular weight excluding hydrogens is 428 g/mol. The van der Waals surface area contributed by atoms with Gasteiger partial charge in [0.25, 0.3) is 0 Å². The Balaban J connectivity index is 1.22. The molecule has 0 aromatic heterocycles. The molecule has 4 atom stereocenters. The van der Waals surface area contributed by atoms with E-state index in [1.54, 1.807) is 0 Å². The van der Waals surface area contributed by atoms with Crippen molar-refractivity contribution in [3.05, 3.63) is 59.7 Å². The van der Waals surface area contributed by atoms with Crippen molar-refractivity contribution in [3.8, 4) is 11.1 Å². The number of hydrogen-bond donors (Lipinski definition) is 3. The fourth-order valence-electron chi connectivity index (χ4n) is 6.41. The minimum absolute atomic E-state index is 0.0117. The van der Waals surface area contributed by atoms with Crippen LogP contribution in [0, 0.1) is 11.8 Å². The summed E-state index contributed by atoms with van der Waals surface area (Å²) in [6, 6.07) is 16.9. The van der Waals surface area contributed by atoms with Crippen molar-refractivity contribution in [1.29, 1.82) is 0 Å². The maximum absolute atomic E-state index is 12.8. The first kappa shape index (κ1) is 22.9. The number of carbonyl (C=O) groups is 2. The normalized spacial score (nSPS) is 24.1. The number of fused-ring (bicyclic) bond motifs is 4. The summed E-state index contributed by atoms with van der Waals surface area (Å²) in [5, 5.41) is 15.9. The summed E-state index contributed by atoms with van der Waals surface area (Å²) >= 11 is 0. The van der Waals surface area contributed by atoms with Crippen LogP contribution < -0.4 is 10.6 Å². The molecule has 1 heterocycles. The lowest BCUT2D eigenvalue weighted by atomic mass is 9.77. The molecule has 6 heteroatoms. The van der Waals surface area contributed by atoms with E-state index in [0.29, 0.717) is 24.3 Å². The molecule has 0 bridgehead atoms. The molecule has 1 aliphatic heterocycles. The standard InChI is InChI=1S/C28H34N2O4/c31-27(32)14-13-19(15-18-16-29-26-12-6-5-7-20(18)26)30-28(33)34-17-25-23-10-3-1-8-21(23)22-9-2-4-11-24(22)25/h1-4,8-11,18-20,25-26,29H,5-7,12-17H2,(H,30,33)(H,31,32). The number of carboxylic acid groups (broad SMARTS) is 1. The van der Waals surface area contributed by atoms with Crippen LogP contribution in [0.1, 0.15) is 62.0 Å². The third-order valence-corrected chi connectivity index (χ3v) is 8.03. The fraction of sp³-hybridized carbons (Fsp3) is 0.500. The molecule has 0 radical (unpaired) electrons. The average Bonchev–Trinajstić information content (AvgIpc) is 3.40. The van der Waals surface area contributed by atoms with Crippen molar-refractivity contribution >= 4 is 12.1 Å². The predicted molar refractivity (Wildman–Crippen MR) is 131 cm³/mol. The van der Waals surface area contributed by atoms with Gasteiger partial charge in [0.1, 0.15) is 6.61 Å². The molecule has 2 aliphatic carbocycles. The van der Waals surface area contributed by atoms with Gasteiger partial charge in [-0.05, 0) is 66.3 Å². The van der Waals surface area contributed by atoms with Crippen LogP contribution in [0.25, 0.3) is 11.1 Å². The first-order valence-corrected chi connectivity index (χ1v) is 12.7. The van der Waals surface area contributed by atoms with E-state index in [9.17, 15) is 14.7 Å². The van der Waals surface area contributed by atoms with Gasteiger partial charge in [-0.1, -0.05) is 61.4 Å². The number of ether oxygens (including phenoxy) is 1. The molecule has 2 aromatic rings. The van der Waals surface area contributed by atoms with E-state index in [1.165, 1.54) is 47.9 Å². The lowest BCUT2D eigenvalue weighted by Gasteiger charge is -2.30. The number of rotatable bonds is 8. The lowest BCUT2D eigenvalue weighted by Crippen LogP contribution is -2.39. The van der Waals surface area contributed by atoms with E-state index < -0.39 is 12.1 Å². The first-order valence-electron chi connectivity index (χ1n) is 12.7. The minimum Gasteiger partial charge on any atom is -0.481 e. The van der Waals surface area contributed by atoms with E-state index in [4.69, 9.17) is 4.74 Å². The molecule has 5 rings (SSSR count). The van der Waals surface area contributed by atoms with Gasteiger partial charge in [0.2, 0.25) is 0 Å². The summed E-state index contributed by atoms with van der Waals surface area (Å²) in [5.74, 6) is 0.278. The Morgan fingerprint density at radius 2 is 1.71 bits per heavy atom. The smallest absolute Gasteiger partial charge is 0.407 e. The van der Waals surface area contributed by atoms with Crippen LogP contribution in [-0.4, -0.2) is 42.4 Å². The highest BCUT2D eigenvalue weighted by atomic mass is 16.5. The van der Waals surface area contributed by atoms with Crippen LogP contribution in [0.2, 0.25) is 0 Å². The van der Waals surface area contributed by atoms with E-state index in [0.717, 1.165) is 13.0 Å². The number of hydrogen-bond acceptors (Lipinski definition) is 4. The second-order valence-corrected chi connectivity index (χ2v) is 10.1. The second kappa shape index (κ2) is 10.2. The van der Waals surface area contributed by atoms with Gasteiger partial charge in [-0.25, -0.2) is 4.79 Å². The third-order valence-electron chi connectivity index (χ3n) is 8.03. The number of carboxylic acids is 1. The Morgan fingerprint density at radius 1 is 1.03 bits per heavy atom. The highest BCUT2D eigenvalue weighted by molar-refractivity contribution is 5.79. The Bertz CT molecular complexity index is 993. The van der Waals surface area contributed by atoms with Gasteiger partial charge in [-0.15, -0.1) is 0 Å². The summed E-state index contributed by atoms with van der Waals surface area (Å²) in [6.07, 6.45) is 5.80. The molecule has 3 N–H and O–H groups in total. The van der Waals surface area contributed by atoms with Crippen LogP contribution in [0.5, 0.6) is 0 Å².